The number of carbonyl (C=O) groups excluding carboxylic acids is 2. The zero-order valence-corrected chi connectivity index (χ0v) is 17.4. The molecule has 1 amide bonds. The number of nitrogens with zero attached hydrogens (tertiary/aromatic N) is 1. The molecule has 2 rings (SSSR count). The maximum Gasteiger partial charge on any atom is 0.338 e. The summed E-state index contributed by atoms with van der Waals surface area (Å²) in [6.45, 7) is 4.94. The Morgan fingerprint density at radius 2 is 1.86 bits per heavy atom. The molecule has 1 N–H and O–H groups in total. The third-order valence-corrected chi connectivity index (χ3v) is 5.48. The second-order valence-electron chi connectivity index (χ2n) is 6.40. The first-order valence-corrected chi connectivity index (χ1v) is 10.7. The molecule has 0 aliphatic rings. The molecular formula is C20H23FN2O5S. The summed E-state index contributed by atoms with van der Waals surface area (Å²) in [7, 11) is -3.88. The van der Waals surface area contributed by atoms with Gasteiger partial charge in [0.05, 0.1) is 24.1 Å². The Balaban J connectivity index is 2.34. The Morgan fingerprint density at radius 3 is 2.45 bits per heavy atom. The van der Waals surface area contributed by atoms with Crippen molar-refractivity contribution >= 4 is 33.3 Å². The second-order valence-corrected chi connectivity index (χ2v) is 8.26. The average molecular weight is 422 g/mol. The molecule has 7 nitrogen and oxygen atoms in total. The van der Waals surface area contributed by atoms with E-state index in [1.165, 1.54) is 25.1 Å². The van der Waals surface area contributed by atoms with Gasteiger partial charge in [0.25, 0.3) is 0 Å². The van der Waals surface area contributed by atoms with Crippen molar-refractivity contribution in [3.8, 4) is 0 Å². The van der Waals surface area contributed by atoms with Crippen molar-refractivity contribution in [2.24, 2.45) is 0 Å². The van der Waals surface area contributed by atoms with Crippen LogP contribution in [0.2, 0.25) is 0 Å². The van der Waals surface area contributed by atoms with Crippen molar-refractivity contribution in [1.82, 2.24) is 0 Å². The zero-order valence-electron chi connectivity index (χ0n) is 16.6. The quantitative estimate of drug-likeness (QED) is 0.692. The van der Waals surface area contributed by atoms with Crippen molar-refractivity contribution < 1.29 is 27.1 Å². The summed E-state index contributed by atoms with van der Waals surface area (Å²) in [4.78, 5) is 24.8. The summed E-state index contributed by atoms with van der Waals surface area (Å²) in [5.74, 6) is -1.78. The molecule has 0 heterocycles. The number of sulfonamides is 1. The average Bonchev–Trinajstić information content (AvgIpc) is 2.62. The van der Waals surface area contributed by atoms with Gasteiger partial charge in [-0.1, -0.05) is 12.1 Å². The predicted octanol–water partition coefficient (Wildman–Crippen LogP) is 3.10. The van der Waals surface area contributed by atoms with E-state index >= 15 is 0 Å². The predicted molar refractivity (Wildman–Crippen MR) is 109 cm³/mol. The van der Waals surface area contributed by atoms with Crippen LogP contribution < -0.4 is 9.62 Å². The largest absolute Gasteiger partial charge is 0.462 e. The number of ether oxygens (including phenoxy) is 1. The molecule has 0 aliphatic carbocycles. The molecular weight excluding hydrogens is 399 g/mol. The molecule has 1 atom stereocenters. The summed E-state index contributed by atoms with van der Waals surface area (Å²) in [5.41, 5.74) is 1.16. The highest BCUT2D eigenvalue weighted by atomic mass is 32.2. The fourth-order valence-electron chi connectivity index (χ4n) is 2.86. The summed E-state index contributed by atoms with van der Waals surface area (Å²) < 4.78 is 44.0. The number of benzene rings is 2. The Labute approximate surface area is 169 Å². The summed E-state index contributed by atoms with van der Waals surface area (Å²) in [6.07, 6.45) is 0.939. The van der Waals surface area contributed by atoms with Gasteiger partial charge in [0.2, 0.25) is 15.9 Å². The molecule has 2 aromatic rings. The van der Waals surface area contributed by atoms with Crippen LogP contribution in [0.4, 0.5) is 15.8 Å². The van der Waals surface area contributed by atoms with Gasteiger partial charge < -0.3 is 10.1 Å². The topological polar surface area (TPSA) is 92.8 Å². The van der Waals surface area contributed by atoms with Gasteiger partial charge in [-0.15, -0.1) is 0 Å². The molecule has 0 aliphatic heterocycles. The highest BCUT2D eigenvalue weighted by molar-refractivity contribution is 7.92. The first kappa shape index (κ1) is 22.4. The number of nitrogens with one attached hydrogen (secondary N) is 1. The van der Waals surface area contributed by atoms with Crippen molar-refractivity contribution in [2.75, 3.05) is 22.5 Å². The SMILES string of the molecule is CCOC(=O)c1cccc(NC(=O)C(C)N(c2cccc(F)c2)S(C)(=O)=O)c1C. The Bertz CT molecular complexity index is 1020. The van der Waals surface area contributed by atoms with Crippen molar-refractivity contribution in [1.29, 1.82) is 0 Å². The van der Waals surface area contributed by atoms with Gasteiger partial charge in [-0.2, -0.15) is 0 Å². The number of hydrogen-bond acceptors (Lipinski definition) is 5. The van der Waals surface area contributed by atoms with E-state index in [0.717, 1.165) is 16.6 Å². The van der Waals surface area contributed by atoms with Gasteiger partial charge in [-0.25, -0.2) is 17.6 Å². The Hall–Kier alpha value is -2.94. The van der Waals surface area contributed by atoms with Crippen LogP contribution in [0.3, 0.4) is 0 Å². The molecule has 1 unspecified atom stereocenters. The van der Waals surface area contributed by atoms with Crippen LogP contribution in [-0.4, -0.2) is 39.2 Å². The molecule has 9 heteroatoms. The molecule has 0 fully saturated rings. The van der Waals surface area contributed by atoms with Crippen LogP contribution in [0.5, 0.6) is 0 Å². The van der Waals surface area contributed by atoms with Crippen molar-refractivity contribution in [3.63, 3.8) is 0 Å². The lowest BCUT2D eigenvalue weighted by molar-refractivity contribution is -0.116. The lowest BCUT2D eigenvalue weighted by Gasteiger charge is -2.28. The molecule has 0 saturated heterocycles. The van der Waals surface area contributed by atoms with Crippen LogP contribution in [-0.2, 0) is 19.6 Å². The standard InChI is InChI=1S/C20H23FN2O5S/c1-5-28-20(25)17-10-7-11-18(13(17)2)22-19(24)14(3)23(29(4,26)27)16-9-6-8-15(21)12-16/h6-12,14H,5H2,1-4H3,(H,22,24). The van der Waals surface area contributed by atoms with Gasteiger partial charge in [0.15, 0.2) is 0 Å². The molecule has 0 spiro atoms. The van der Waals surface area contributed by atoms with Crippen LogP contribution in [0.15, 0.2) is 42.5 Å². The minimum Gasteiger partial charge on any atom is -0.462 e. The van der Waals surface area contributed by atoms with Gasteiger partial charge in [0.1, 0.15) is 11.9 Å². The summed E-state index contributed by atoms with van der Waals surface area (Å²) >= 11 is 0. The monoisotopic (exact) mass is 422 g/mol. The molecule has 29 heavy (non-hydrogen) atoms. The number of esters is 1. The van der Waals surface area contributed by atoms with E-state index in [1.54, 1.807) is 32.0 Å². The third kappa shape index (κ3) is 5.32. The highest BCUT2D eigenvalue weighted by Crippen LogP contribution is 2.24. The maximum absolute atomic E-state index is 13.6. The van der Waals surface area contributed by atoms with E-state index in [-0.39, 0.29) is 12.3 Å². The Kier molecular flexibility index (Phi) is 6.97. The number of halogens is 1. The summed E-state index contributed by atoms with van der Waals surface area (Å²) in [6, 6.07) is 8.56. The minimum absolute atomic E-state index is 0.0344. The van der Waals surface area contributed by atoms with E-state index < -0.39 is 33.8 Å². The lowest BCUT2D eigenvalue weighted by atomic mass is 10.1. The van der Waals surface area contributed by atoms with Crippen LogP contribution in [0.25, 0.3) is 0 Å². The third-order valence-electron chi connectivity index (χ3n) is 4.24. The van der Waals surface area contributed by atoms with E-state index in [1.807, 2.05) is 0 Å². The number of anilines is 2. The van der Waals surface area contributed by atoms with E-state index in [0.29, 0.717) is 16.8 Å². The molecule has 0 aromatic heterocycles. The molecule has 2 aromatic carbocycles. The number of hydrogen-bond donors (Lipinski definition) is 1. The second kappa shape index (κ2) is 9.04. The fourth-order valence-corrected chi connectivity index (χ4v) is 4.03. The molecule has 156 valence electrons. The minimum atomic E-state index is -3.88. The van der Waals surface area contributed by atoms with Gasteiger partial charge in [-0.05, 0) is 56.7 Å². The summed E-state index contributed by atoms with van der Waals surface area (Å²) in [5, 5.41) is 2.64. The van der Waals surface area contributed by atoms with Gasteiger partial charge >= 0.3 is 5.97 Å². The van der Waals surface area contributed by atoms with Crippen molar-refractivity contribution in [3.05, 3.63) is 59.4 Å². The lowest BCUT2D eigenvalue weighted by Crippen LogP contribution is -2.45. The van der Waals surface area contributed by atoms with E-state index in [4.69, 9.17) is 4.74 Å². The Morgan fingerprint density at radius 1 is 1.21 bits per heavy atom. The van der Waals surface area contributed by atoms with Crippen LogP contribution in [0, 0.1) is 12.7 Å². The number of carbonyl (C=O) groups is 2. The highest BCUT2D eigenvalue weighted by Gasteiger charge is 2.30. The first-order valence-electron chi connectivity index (χ1n) is 8.88. The maximum atomic E-state index is 13.6. The van der Waals surface area contributed by atoms with Crippen LogP contribution >= 0.6 is 0 Å². The fraction of sp³-hybridized carbons (Fsp3) is 0.300. The van der Waals surface area contributed by atoms with Crippen LogP contribution in [0.1, 0.15) is 29.8 Å². The van der Waals surface area contributed by atoms with E-state index in [9.17, 15) is 22.4 Å². The number of rotatable bonds is 7. The van der Waals surface area contributed by atoms with Gasteiger partial charge in [0, 0.05) is 5.69 Å². The number of amides is 1. The van der Waals surface area contributed by atoms with Gasteiger partial charge in [-0.3, -0.25) is 9.10 Å². The molecule has 0 radical (unpaired) electrons. The first-order chi connectivity index (χ1) is 13.6. The van der Waals surface area contributed by atoms with E-state index in [2.05, 4.69) is 5.32 Å². The zero-order chi connectivity index (χ0) is 21.8. The normalized spacial score (nSPS) is 12.2. The smallest absolute Gasteiger partial charge is 0.338 e. The molecule has 0 bridgehead atoms. The molecule has 0 saturated carbocycles. The van der Waals surface area contributed by atoms with Crippen molar-refractivity contribution in [2.45, 2.75) is 26.8 Å².